The highest BCUT2D eigenvalue weighted by Gasteiger charge is 1.99. The van der Waals surface area contributed by atoms with Gasteiger partial charge in [0, 0.05) is 11.6 Å². The lowest BCUT2D eigenvalue weighted by molar-refractivity contribution is 0.167. The van der Waals surface area contributed by atoms with Crippen molar-refractivity contribution < 1.29 is 9.53 Å². The zero-order chi connectivity index (χ0) is 10.7. The van der Waals surface area contributed by atoms with Crippen molar-refractivity contribution in [1.29, 1.82) is 0 Å². The second kappa shape index (κ2) is 4.32. The zero-order valence-corrected chi connectivity index (χ0v) is 8.70. The van der Waals surface area contributed by atoms with E-state index in [1.54, 1.807) is 0 Å². The SMILES string of the molecule is O=C(Cl)OCc1ccc2ccccc2c1. The number of halogens is 1. The number of hydrogen-bond acceptors (Lipinski definition) is 2. The smallest absolute Gasteiger partial charge is 0.404 e. The highest BCUT2D eigenvalue weighted by molar-refractivity contribution is 6.61. The molecular weight excluding hydrogens is 212 g/mol. The Morgan fingerprint density at radius 3 is 2.60 bits per heavy atom. The minimum atomic E-state index is -0.775. The summed E-state index contributed by atoms with van der Waals surface area (Å²) in [7, 11) is 0. The number of carbonyl (C=O) groups excluding carboxylic acids is 1. The molecule has 0 aliphatic rings. The minimum Gasteiger partial charge on any atom is -0.449 e. The number of carbonyl (C=O) groups is 1. The second-order valence-electron chi connectivity index (χ2n) is 3.21. The normalized spacial score (nSPS) is 10.2. The average molecular weight is 221 g/mol. The van der Waals surface area contributed by atoms with Crippen LogP contribution in [0, 0.1) is 0 Å². The number of benzene rings is 2. The summed E-state index contributed by atoms with van der Waals surface area (Å²) in [6.07, 6.45) is 0. The van der Waals surface area contributed by atoms with E-state index < -0.39 is 5.43 Å². The predicted molar refractivity (Wildman–Crippen MR) is 60.0 cm³/mol. The molecule has 0 aliphatic heterocycles. The first-order valence-electron chi connectivity index (χ1n) is 4.55. The van der Waals surface area contributed by atoms with Gasteiger partial charge >= 0.3 is 5.43 Å². The fraction of sp³-hybridized carbons (Fsp3) is 0.0833. The molecule has 0 amide bonds. The van der Waals surface area contributed by atoms with Gasteiger partial charge in [-0.25, -0.2) is 4.79 Å². The lowest BCUT2D eigenvalue weighted by atomic mass is 10.1. The molecule has 2 nitrogen and oxygen atoms in total. The molecule has 0 heterocycles. The fourth-order valence-electron chi connectivity index (χ4n) is 1.47. The number of fused-ring (bicyclic) bond motifs is 1. The molecular formula is C12H9ClO2. The summed E-state index contributed by atoms with van der Waals surface area (Å²) in [6.45, 7) is 0.215. The summed E-state index contributed by atoms with van der Waals surface area (Å²) < 4.78 is 4.70. The molecule has 0 aromatic heterocycles. The summed E-state index contributed by atoms with van der Waals surface area (Å²) in [5, 5.41) is 2.29. The molecule has 2 aromatic rings. The van der Waals surface area contributed by atoms with Crippen LogP contribution in [-0.4, -0.2) is 5.43 Å². The van der Waals surface area contributed by atoms with Gasteiger partial charge < -0.3 is 4.74 Å². The van der Waals surface area contributed by atoms with Crippen molar-refractivity contribution in [2.24, 2.45) is 0 Å². The third-order valence-electron chi connectivity index (χ3n) is 2.17. The molecule has 2 rings (SSSR count). The Labute approximate surface area is 92.4 Å². The van der Waals surface area contributed by atoms with Crippen molar-refractivity contribution in [1.82, 2.24) is 0 Å². The van der Waals surface area contributed by atoms with Crippen LogP contribution in [0.25, 0.3) is 10.8 Å². The van der Waals surface area contributed by atoms with Crippen LogP contribution in [-0.2, 0) is 11.3 Å². The monoisotopic (exact) mass is 220 g/mol. The van der Waals surface area contributed by atoms with Gasteiger partial charge in [-0.15, -0.1) is 0 Å². The van der Waals surface area contributed by atoms with Crippen LogP contribution in [0.4, 0.5) is 4.79 Å². The van der Waals surface area contributed by atoms with E-state index in [2.05, 4.69) is 0 Å². The van der Waals surface area contributed by atoms with Crippen molar-refractivity contribution in [2.45, 2.75) is 6.61 Å². The van der Waals surface area contributed by atoms with Gasteiger partial charge in [0.15, 0.2) is 0 Å². The Morgan fingerprint density at radius 2 is 1.87 bits per heavy atom. The molecule has 0 saturated heterocycles. The Morgan fingerprint density at radius 1 is 1.13 bits per heavy atom. The number of ether oxygens (including phenoxy) is 1. The van der Waals surface area contributed by atoms with Gasteiger partial charge in [0.1, 0.15) is 6.61 Å². The van der Waals surface area contributed by atoms with Gasteiger partial charge in [0.2, 0.25) is 0 Å². The van der Waals surface area contributed by atoms with Gasteiger partial charge in [0.25, 0.3) is 0 Å². The third kappa shape index (κ3) is 2.48. The van der Waals surface area contributed by atoms with Crippen LogP contribution < -0.4 is 0 Å². The summed E-state index contributed by atoms with van der Waals surface area (Å²) in [4.78, 5) is 10.4. The van der Waals surface area contributed by atoms with Crippen molar-refractivity contribution >= 4 is 27.8 Å². The molecule has 15 heavy (non-hydrogen) atoms. The molecule has 3 heteroatoms. The number of hydrogen-bond donors (Lipinski definition) is 0. The van der Waals surface area contributed by atoms with E-state index in [1.165, 1.54) is 5.39 Å². The summed E-state index contributed by atoms with van der Waals surface area (Å²) in [5.74, 6) is 0. The summed E-state index contributed by atoms with van der Waals surface area (Å²) in [6, 6.07) is 13.9. The molecule has 0 N–H and O–H groups in total. The first-order chi connectivity index (χ1) is 7.25. The molecule has 0 bridgehead atoms. The molecule has 0 radical (unpaired) electrons. The average Bonchev–Trinajstić information content (AvgIpc) is 2.26. The van der Waals surface area contributed by atoms with E-state index in [-0.39, 0.29) is 6.61 Å². The second-order valence-corrected chi connectivity index (χ2v) is 3.52. The van der Waals surface area contributed by atoms with Crippen molar-refractivity contribution in [3.8, 4) is 0 Å². The maximum Gasteiger partial charge on any atom is 0.404 e. The first-order valence-corrected chi connectivity index (χ1v) is 4.93. The predicted octanol–water partition coefficient (Wildman–Crippen LogP) is 3.72. The van der Waals surface area contributed by atoms with Crippen molar-refractivity contribution in [3.05, 3.63) is 48.0 Å². The van der Waals surface area contributed by atoms with E-state index in [9.17, 15) is 4.79 Å². The van der Waals surface area contributed by atoms with E-state index in [4.69, 9.17) is 16.3 Å². The van der Waals surface area contributed by atoms with Gasteiger partial charge in [-0.2, -0.15) is 0 Å². The van der Waals surface area contributed by atoms with Crippen LogP contribution in [0.15, 0.2) is 42.5 Å². The van der Waals surface area contributed by atoms with Gasteiger partial charge in [-0.1, -0.05) is 36.4 Å². The van der Waals surface area contributed by atoms with Crippen LogP contribution in [0.2, 0.25) is 0 Å². The summed E-state index contributed by atoms with van der Waals surface area (Å²) >= 11 is 5.08. The largest absolute Gasteiger partial charge is 0.449 e. The molecule has 76 valence electrons. The quantitative estimate of drug-likeness (QED) is 0.721. The topological polar surface area (TPSA) is 26.3 Å². The van der Waals surface area contributed by atoms with E-state index >= 15 is 0 Å². The maximum atomic E-state index is 10.4. The first kappa shape index (κ1) is 9.99. The molecule has 2 aromatic carbocycles. The molecule has 0 saturated carbocycles. The molecule has 0 aliphatic carbocycles. The summed E-state index contributed by atoms with van der Waals surface area (Å²) in [5.41, 5.74) is 0.158. The molecule has 0 fully saturated rings. The van der Waals surface area contributed by atoms with Gasteiger partial charge in [-0.05, 0) is 22.4 Å². The van der Waals surface area contributed by atoms with Gasteiger partial charge in [-0.3, -0.25) is 0 Å². The minimum absolute atomic E-state index is 0.215. The van der Waals surface area contributed by atoms with E-state index in [0.717, 1.165) is 10.9 Å². The third-order valence-corrected chi connectivity index (χ3v) is 2.28. The lowest BCUT2D eigenvalue weighted by Gasteiger charge is -2.03. The van der Waals surface area contributed by atoms with Crippen LogP contribution in [0.1, 0.15) is 5.56 Å². The lowest BCUT2D eigenvalue weighted by Crippen LogP contribution is -1.94. The number of rotatable bonds is 2. The van der Waals surface area contributed by atoms with E-state index in [0.29, 0.717) is 0 Å². The highest BCUT2D eigenvalue weighted by Crippen LogP contribution is 2.16. The van der Waals surface area contributed by atoms with Crippen molar-refractivity contribution in [2.75, 3.05) is 0 Å². The molecule has 0 atom stereocenters. The van der Waals surface area contributed by atoms with Crippen LogP contribution in [0.5, 0.6) is 0 Å². The Balaban J connectivity index is 2.26. The Hall–Kier alpha value is -1.54. The molecule has 0 spiro atoms. The Kier molecular flexibility index (Phi) is 2.88. The van der Waals surface area contributed by atoms with Crippen LogP contribution in [0.3, 0.4) is 0 Å². The van der Waals surface area contributed by atoms with E-state index in [1.807, 2.05) is 42.5 Å². The highest BCUT2D eigenvalue weighted by atomic mass is 35.5. The Bertz CT molecular complexity index is 494. The van der Waals surface area contributed by atoms with Crippen LogP contribution >= 0.6 is 11.6 Å². The molecule has 0 unspecified atom stereocenters. The standard InChI is InChI=1S/C12H9ClO2/c13-12(14)15-8-9-5-6-10-3-1-2-4-11(10)7-9/h1-7H,8H2. The van der Waals surface area contributed by atoms with Gasteiger partial charge in [0.05, 0.1) is 0 Å². The maximum absolute atomic E-state index is 10.4. The van der Waals surface area contributed by atoms with Crippen molar-refractivity contribution in [3.63, 3.8) is 0 Å². The zero-order valence-electron chi connectivity index (χ0n) is 7.94. The fourth-order valence-corrected chi connectivity index (χ4v) is 1.52.